The molecule has 1 aromatic heterocycles. The van der Waals surface area contributed by atoms with Crippen molar-refractivity contribution >= 4 is 29.4 Å². The molecule has 0 unspecified atom stereocenters. The SMILES string of the molecule is CC(=O)c1c(C)[nH]c(C(=O)COC(=O)[C@H](C)N2C(=O)[C@H]3CC=CC[C@H]3C2=O)c1C. The van der Waals surface area contributed by atoms with Crippen LogP contribution in [0.3, 0.4) is 0 Å². The first-order valence-electron chi connectivity index (χ1n) is 9.57. The molecule has 0 aromatic carbocycles. The number of aromatic amines is 1. The number of allylic oxidation sites excluding steroid dienone is 2. The quantitative estimate of drug-likeness (QED) is 0.338. The zero-order valence-electron chi connectivity index (χ0n) is 16.9. The fourth-order valence-corrected chi connectivity index (χ4v) is 4.20. The third-order valence-electron chi connectivity index (χ3n) is 5.68. The first-order chi connectivity index (χ1) is 13.6. The van der Waals surface area contributed by atoms with Gasteiger partial charge in [-0.05, 0) is 46.1 Å². The number of nitrogens with zero attached hydrogens (tertiary/aromatic N) is 1. The third-order valence-corrected chi connectivity index (χ3v) is 5.68. The molecule has 0 radical (unpaired) electrons. The van der Waals surface area contributed by atoms with Gasteiger partial charge in [0, 0.05) is 11.3 Å². The summed E-state index contributed by atoms with van der Waals surface area (Å²) in [5, 5.41) is 0. The number of imide groups is 1. The van der Waals surface area contributed by atoms with Crippen molar-refractivity contribution in [3.05, 3.63) is 34.7 Å². The summed E-state index contributed by atoms with van der Waals surface area (Å²) in [6.45, 7) is 5.62. The van der Waals surface area contributed by atoms with E-state index in [4.69, 9.17) is 4.74 Å². The van der Waals surface area contributed by atoms with Crippen LogP contribution in [0, 0.1) is 25.7 Å². The van der Waals surface area contributed by atoms with Crippen molar-refractivity contribution in [1.82, 2.24) is 9.88 Å². The van der Waals surface area contributed by atoms with Gasteiger partial charge in [-0.1, -0.05) is 12.2 Å². The minimum absolute atomic E-state index is 0.164. The molecule has 1 fully saturated rings. The Balaban J connectivity index is 1.66. The number of aromatic nitrogens is 1. The van der Waals surface area contributed by atoms with E-state index in [2.05, 4.69) is 4.98 Å². The number of esters is 1. The summed E-state index contributed by atoms with van der Waals surface area (Å²) in [5.41, 5.74) is 1.73. The van der Waals surface area contributed by atoms with Crippen LogP contribution in [0.5, 0.6) is 0 Å². The fourth-order valence-electron chi connectivity index (χ4n) is 4.20. The summed E-state index contributed by atoms with van der Waals surface area (Å²) >= 11 is 0. The highest BCUT2D eigenvalue weighted by atomic mass is 16.5. The second-order valence-corrected chi connectivity index (χ2v) is 7.59. The molecule has 8 nitrogen and oxygen atoms in total. The Morgan fingerprint density at radius 3 is 2.17 bits per heavy atom. The number of carbonyl (C=O) groups is 5. The van der Waals surface area contributed by atoms with E-state index in [-0.39, 0.29) is 23.3 Å². The molecule has 0 spiro atoms. The van der Waals surface area contributed by atoms with E-state index in [1.54, 1.807) is 13.8 Å². The molecule has 1 N–H and O–H groups in total. The zero-order valence-corrected chi connectivity index (χ0v) is 16.9. The molecular formula is C21H24N2O6. The van der Waals surface area contributed by atoms with Crippen LogP contribution >= 0.6 is 0 Å². The molecule has 2 heterocycles. The lowest BCUT2D eigenvalue weighted by atomic mass is 9.85. The number of amides is 2. The van der Waals surface area contributed by atoms with E-state index >= 15 is 0 Å². The Morgan fingerprint density at radius 2 is 1.69 bits per heavy atom. The molecule has 154 valence electrons. The molecule has 0 bridgehead atoms. The highest BCUT2D eigenvalue weighted by Crippen LogP contribution is 2.36. The lowest BCUT2D eigenvalue weighted by Gasteiger charge is -2.21. The number of ether oxygens (including phenoxy) is 1. The van der Waals surface area contributed by atoms with E-state index in [9.17, 15) is 24.0 Å². The molecule has 8 heteroatoms. The van der Waals surface area contributed by atoms with Crippen LogP contribution in [0.1, 0.15) is 58.8 Å². The molecule has 1 aromatic rings. The Labute approximate surface area is 168 Å². The van der Waals surface area contributed by atoms with Crippen LogP contribution in [0.25, 0.3) is 0 Å². The maximum Gasteiger partial charge on any atom is 0.329 e. The first kappa shape index (κ1) is 20.7. The standard InChI is InChI=1S/C21H24N2O6/c1-10-17(13(4)24)11(2)22-18(10)16(25)9-29-21(28)12(3)23-19(26)14-7-5-6-8-15(14)20(23)27/h5-6,12,14-15,22H,7-9H2,1-4H3/t12-,14-,15+/m0/s1. The Hall–Kier alpha value is -3.03. The zero-order chi connectivity index (χ0) is 21.5. The van der Waals surface area contributed by atoms with Crippen molar-refractivity contribution in [3.8, 4) is 0 Å². The van der Waals surface area contributed by atoms with Gasteiger partial charge in [-0.15, -0.1) is 0 Å². The number of hydrogen-bond acceptors (Lipinski definition) is 6. The van der Waals surface area contributed by atoms with Crippen molar-refractivity contribution in [1.29, 1.82) is 0 Å². The van der Waals surface area contributed by atoms with E-state index in [0.717, 1.165) is 4.90 Å². The molecule has 3 atom stereocenters. The average molecular weight is 400 g/mol. The summed E-state index contributed by atoms with van der Waals surface area (Å²) in [7, 11) is 0. The molecule has 0 saturated carbocycles. The van der Waals surface area contributed by atoms with Gasteiger partial charge in [-0.3, -0.25) is 24.1 Å². The predicted molar refractivity (Wildman–Crippen MR) is 102 cm³/mol. The van der Waals surface area contributed by atoms with Crippen LogP contribution in [0.4, 0.5) is 0 Å². The third kappa shape index (κ3) is 3.54. The van der Waals surface area contributed by atoms with E-state index in [1.165, 1.54) is 13.8 Å². The second kappa shape index (κ2) is 7.77. The minimum Gasteiger partial charge on any atom is -0.456 e. The number of fused-ring (bicyclic) bond motifs is 1. The molecule has 1 aliphatic carbocycles. The number of hydrogen-bond donors (Lipinski definition) is 1. The Morgan fingerprint density at radius 1 is 1.14 bits per heavy atom. The van der Waals surface area contributed by atoms with Crippen molar-refractivity contribution in [3.63, 3.8) is 0 Å². The van der Waals surface area contributed by atoms with Crippen molar-refractivity contribution in [2.24, 2.45) is 11.8 Å². The molecule has 3 rings (SSSR count). The minimum atomic E-state index is -1.10. The van der Waals surface area contributed by atoms with Crippen molar-refractivity contribution < 1.29 is 28.7 Å². The fraction of sp³-hybridized carbons (Fsp3) is 0.476. The summed E-state index contributed by atoms with van der Waals surface area (Å²) < 4.78 is 5.09. The molecule has 1 aliphatic heterocycles. The maximum atomic E-state index is 12.6. The molecule has 2 amide bonds. The van der Waals surface area contributed by atoms with Gasteiger partial charge in [0.05, 0.1) is 17.5 Å². The number of likely N-dealkylation sites (tertiary alicyclic amines) is 1. The van der Waals surface area contributed by atoms with Gasteiger partial charge in [0.15, 0.2) is 12.4 Å². The molecule has 29 heavy (non-hydrogen) atoms. The highest BCUT2D eigenvalue weighted by molar-refractivity contribution is 6.08. The largest absolute Gasteiger partial charge is 0.456 e. The first-order valence-corrected chi connectivity index (χ1v) is 9.57. The van der Waals surface area contributed by atoms with Crippen LogP contribution in [-0.4, -0.2) is 51.9 Å². The number of nitrogens with one attached hydrogen (secondary N) is 1. The summed E-state index contributed by atoms with van der Waals surface area (Å²) in [6.07, 6.45) is 4.70. The van der Waals surface area contributed by atoms with Crippen molar-refractivity contribution in [2.75, 3.05) is 6.61 Å². The van der Waals surface area contributed by atoms with Crippen LogP contribution in [-0.2, 0) is 19.1 Å². The van der Waals surface area contributed by atoms with Gasteiger partial charge in [0.25, 0.3) is 0 Å². The smallest absolute Gasteiger partial charge is 0.329 e. The van der Waals surface area contributed by atoms with Crippen molar-refractivity contribution in [2.45, 2.75) is 46.6 Å². The summed E-state index contributed by atoms with van der Waals surface area (Å²) in [4.78, 5) is 65.5. The monoisotopic (exact) mass is 400 g/mol. The molecule has 1 saturated heterocycles. The van der Waals surface area contributed by atoms with Gasteiger partial charge < -0.3 is 9.72 Å². The van der Waals surface area contributed by atoms with Gasteiger partial charge in [-0.25, -0.2) is 4.79 Å². The number of ketones is 2. The average Bonchev–Trinajstić information content (AvgIpc) is 3.12. The molecule has 2 aliphatic rings. The number of rotatable bonds is 6. The Kier molecular flexibility index (Phi) is 5.55. The molecular weight excluding hydrogens is 376 g/mol. The number of H-pyrrole nitrogens is 1. The van der Waals surface area contributed by atoms with Crippen LogP contribution < -0.4 is 0 Å². The summed E-state index contributed by atoms with van der Waals surface area (Å²) in [6, 6.07) is -1.10. The van der Waals surface area contributed by atoms with E-state index < -0.39 is 36.2 Å². The van der Waals surface area contributed by atoms with Gasteiger partial charge in [0.2, 0.25) is 17.6 Å². The van der Waals surface area contributed by atoms with Crippen LogP contribution in [0.15, 0.2) is 12.2 Å². The number of Topliss-reactive ketones (excluding diaryl/α,β-unsaturated/α-hetero) is 2. The van der Waals surface area contributed by atoms with Gasteiger partial charge in [-0.2, -0.15) is 0 Å². The van der Waals surface area contributed by atoms with Gasteiger partial charge in [0.1, 0.15) is 6.04 Å². The Bertz CT molecular complexity index is 915. The second-order valence-electron chi connectivity index (χ2n) is 7.59. The van der Waals surface area contributed by atoms with E-state index in [1.807, 2.05) is 12.2 Å². The van der Waals surface area contributed by atoms with E-state index in [0.29, 0.717) is 29.7 Å². The number of aryl methyl sites for hydroxylation is 1. The lowest BCUT2D eigenvalue weighted by Crippen LogP contribution is -2.44. The van der Waals surface area contributed by atoms with Crippen LogP contribution in [0.2, 0.25) is 0 Å². The van der Waals surface area contributed by atoms with Gasteiger partial charge >= 0.3 is 5.97 Å². The normalized spacial score (nSPS) is 21.9. The lowest BCUT2D eigenvalue weighted by molar-refractivity contribution is -0.157. The predicted octanol–water partition coefficient (Wildman–Crippen LogP) is 1.90. The summed E-state index contributed by atoms with van der Waals surface area (Å²) in [5.74, 6) is -3.08. The highest BCUT2D eigenvalue weighted by Gasteiger charge is 2.50. The maximum absolute atomic E-state index is 12.6. The topological polar surface area (TPSA) is 114 Å². The number of carbonyl (C=O) groups excluding carboxylic acids is 5.